The summed E-state index contributed by atoms with van der Waals surface area (Å²) >= 11 is 0. The van der Waals surface area contributed by atoms with E-state index in [1.807, 2.05) is 43.6 Å². The third kappa shape index (κ3) is 11.4. The van der Waals surface area contributed by atoms with E-state index in [2.05, 4.69) is 16.9 Å². The van der Waals surface area contributed by atoms with E-state index in [0.717, 1.165) is 18.4 Å². The number of unbranched alkanes of at least 4 members (excludes halogenated alkanes) is 9. The Morgan fingerprint density at radius 3 is 1.88 bits per heavy atom. The van der Waals surface area contributed by atoms with Gasteiger partial charge in [0.05, 0.1) is 6.61 Å². The third-order valence-electron chi connectivity index (χ3n) is 6.28. The summed E-state index contributed by atoms with van der Waals surface area (Å²) in [5, 5.41) is 0. The lowest BCUT2D eigenvalue weighted by molar-refractivity contribution is 0.128. The van der Waals surface area contributed by atoms with E-state index in [1.54, 1.807) is 0 Å². The molecule has 0 N–H and O–H groups in total. The first-order valence-corrected chi connectivity index (χ1v) is 13.5. The van der Waals surface area contributed by atoms with E-state index >= 15 is 0 Å². The summed E-state index contributed by atoms with van der Waals surface area (Å²) in [6.45, 7) is 4.40. The van der Waals surface area contributed by atoms with Crippen molar-refractivity contribution in [3.63, 3.8) is 0 Å². The van der Waals surface area contributed by atoms with Crippen molar-refractivity contribution in [1.82, 2.24) is 9.97 Å². The van der Waals surface area contributed by atoms with Crippen molar-refractivity contribution in [2.45, 2.75) is 116 Å². The Morgan fingerprint density at radius 2 is 1.26 bits per heavy atom. The number of aryl methyl sites for hydroxylation is 1. The molecule has 0 aliphatic rings. The van der Waals surface area contributed by atoms with E-state index < -0.39 is 12.3 Å². The molecule has 34 heavy (non-hydrogen) atoms. The standard InChI is InChI=1S/C29H44F2N2O/c1-3-5-7-8-9-10-11-12-13-14-24-22-32-29(33-23-24)25-16-18-26(19-17-25)34-21-20-28(31)27(30)15-6-4-2/h16-19,22-23,27-28H,3-15,20-21H2,1-2H3. The Bertz CT molecular complexity index is 752. The number of halogens is 2. The van der Waals surface area contributed by atoms with Crippen molar-refractivity contribution in [2.24, 2.45) is 0 Å². The van der Waals surface area contributed by atoms with Crippen LogP contribution in [0.4, 0.5) is 8.78 Å². The zero-order chi connectivity index (χ0) is 24.4. The minimum atomic E-state index is -1.46. The molecule has 0 bridgehead atoms. The van der Waals surface area contributed by atoms with Crippen LogP contribution in [0.25, 0.3) is 11.4 Å². The van der Waals surface area contributed by atoms with E-state index in [9.17, 15) is 8.78 Å². The van der Waals surface area contributed by atoms with Crippen LogP contribution in [-0.4, -0.2) is 28.9 Å². The van der Waals surface area contributed by atoms with Crippen molar-refractivity contribution in [1.29, 1.82) is 0 Å². The van der Waals surface area contributed by atoms with Crippen LogP contribution in [0.15, 0.2) is 36.7 Å². The maximum atomic E-state index is 13.9. The molecule has 1 heterocycles. The molecule has 0 radical (unpaired) electrons. The fourth-order valence-corrected chi connectivity index (χ4v) is 4.02. The molecule has 5 heteroatoms. The summed E-state index contributed by atoms with van der Waals surface area (Å²) in [7, 11) is 0. The van der Waals surface area contributed by atoms with Gasteiger partial charge in [-0.3, -0.25) is 0 Å². The number of ether oxygens (including phenoxy) is 1. The monoisotopic (exact) mass is 474 g/mol. The van der Waals surface area contributed by atoms with Crippen molar-refractivity contribution in [3.8, 4) is 17.1 Å². The van der Waals surface area contributed by atoms with E-state index in [4.69, 9.17) is 4.74 Å². The summed E-state index contributed by atoms with van der Waals surface area (Å²) < 4.78 is 33.1. The molecule has 0 amide bonds. The highest BCUT2D eigenvalue weighted by molar-refractivity contribution is 5.55. The lowest BCUT2D eigenvalue weighted by Crippen LogP contribution is -2.20. The van der Waals surface area contributed by atoms with Gasteiger partial charge < -0.3 is 4.74 Å². The number of aromatic nitrogens is 2. The molecule has 1 aromatic carbocycles. The first-order chi connectivity index (χ1) is 16.6. The zero-order valence-corrected chi connectivity index (χ0v) is 21.3. The second-order valence-electron chi connectivity index (χ2n) is 9.33. The average Bonchev–Trinajstić information content (AvgIpc) is 2.87. The van der Waals surface area contributed by atoms with Crippen LogP contribution < -0.4 is 4.74 Å². The molecule has 2 atom stereocenters. The minimum Gasteiger partial charge on any atom is -0.493 e. The van der Waals surface area contributed by atoms with Gasteiger partial charge in [-0.15, -0.1) is 0 Å². The van der Waals surface area contributed by atoms with Gasteiger partial charge in [0.15, 0.2) is 5.82 Å². The van der Waals surface area contributed by atoms with Gasteiger partial charge in [-0.25, -0.2) is 18.7 Å². The molecule has 3 nitrogen and oxygen atoms in total. The molecule has 0 fully saturated rings. The second kappa shape index (κ2) is 17.4. The van der Waals surface area contributed by atoms with Gasteiger partial charge in [0.2, 0.25) is 0 Å². The summed E-state index contributed by atoms with van der Waals surface area (Å²) in [5.41, 5.74) is 2.09. The fourth-order valence-electron chi connectivity index (χ4n) is 4.02. The summed E-state index contributed by atoms with van der Waals surface area (Å²) in [5.74, 6) is 1.32. The smallest absolute Gasteiger partial charge is 0.159 e. The molecule has 0 saturated carbocycles. The van der Waals surface area contributed by atoms with Crippen LogP contribution in [0.3, 0.4) is 0 Å². The zero-order valence-electron chi connectivity index (χ0n) is 21.3. The topological polar surface area (TPSA) is 35.0 Å². The molecule has 1 aromatic heterocycles. The first kappa shape index (κ1) is 28.2. The van der Waals surface area contributed by atoms with Crippen LogP contribution in [0.5, 0.6) is 5.75 Å². The molecule has 0 aliphatic heterocycles. The number of benzene rings is 1. The van der Waals surface area contributed by atoms with E-state index in [1.165, 1.54) is 63.4 Å². The van der Waals surface area contributed by atoms with Gasteiger partial charge in [0.25, 0.3) is 0 Å². The molecule has 2 unspecified atom stereocenters. The molecule has 0 spiro atoms. The predicted molar refractivity (Wildman–Crippen MR) is 138 cm³/mol. The van der Waals surface area contributed by atoms with E-state index in [0.29, 0.717) is 18.0 Å². The van der Waals surface area contributed by atoms with Crippen LogP contribution in [0, 0.1) is 0 Å². The Morgan fingerprint density at radius 1 is 0.706 bits per heavy atom. The Balaban J connectivity index is 1.65. The molecule has 2 rings (SSSR count). The van der Waals surface area contributed by atoms with Crippen molar-refractivity contribution >= 4 is 0 Å². The highest BCUT2D eigenvalue weighted by atomic mass is 19.2. The summed E-state index contributed by atoms with van der Waals surface area (Å²) in [4.78, 5) is 9.04. The SMILES string of the molecule is CCCCCCCCCCCc1cnc(-c2ccc(OCCC(F)C(F)CCCC)cc2)nc1. The number of nitrogens with zero attached hydrogens (tertiary/aromatic N) is 2. The van der Waals surface area contributed by atoms with Crippen molar-refractivity contribution in [3.05, 3.63) is 42.2 Å². The molecule has 0 aliphatic carbocycles. The quantitative estimate of drug-likeness (QED) is 0.191. The number of rotatable bonds is 19. The summed E-state index contributed by atoms with van der Waals surface area (Å²) in [6.07, 6.45) is 15.9. The lowest BCUT2D eigenvalue weighted by atomic mass is 10.1. The molecule has 2 aromatic rings. The van der Waals surface area contributed by atoms with Crippen LogP contribution >= 0.6 is 0 Å². The van der Waals surface area contributed by atoms with Crippen LogP contribution in [-0.2, 0) is 6.42 Å². The minimum absolute atomic E-state index is 0.0656. The summed E-state index contributed by atoms with van der Waals surface area (Å²) in [6, 6.07) is 7.45. The first-order valence-electron chi connectivity index (χ1n) is 13.5. The maximum absolute atomic E-state index is 13.9. The molecule has 0 saturated heterocycles. The Hall–Kier alpha value is -2.04. The molecule has 190 valence electrons. The largest absolute Gasteiger partial charge is 0.493 e. The van der Waals surface area contributed by atoms with Gasteiger partial charge in [-0.1, -0.05) is 78.1 Å². The number of alkyl halides is 2. The van der Waals surface area contributed by atoms with Crippen molar-refractivity contribution in [2.75, 3.05) is 6.61 Å². The highest BCUT2D eigenvalue weighted by Gasteiger charge is 2.19. The van der Waals surface area contributed by atoms with Gasteiger partial charge in [0, 0.05) is 24.4 Å². The number of hydrogen-bond donors (Lipinski definition) is 0. The lowest BCUT2D eigenvalue weighted by Gasteiger charge is -2.14. The number of hydrogen-bond acceptors (Lipinski definition) is 3. The van der Waals surface area contributed by atoms with Crippen LogP contribution in [0.1, 0.15) is 103 Å². The Labute approximate surface area is 205 Å². The normalized spacial score (nSPS) is 13.1. The average molecular weight is 475 g/mol. The van der Waals surface area contributed by atoms with E-state index in [-0.39, 0.29) is 19.4 Å². The highest BCUT2D eigenvalue weighted by Crippen LogP contribution is 2.21. The van der Waals surface area contributed by atoms with Gasteiger partial charge >= 0.3 is 0 Å². The second-order valence-corrected chi connectivity index (χ2v) is 9.33. The fraction of sp³-hybridized carbons (Fsp3) is 0.655. The van der Waals surface area contributed by atoms with Gasteiger partial charge in [0.1, 0.15) is 18.1 Å². The maximum Gasteiger partial charge on any atom is 0.159 e. The molecular weight excluding hydrogens is 430 g/mol. The van der Waals surface area contributed by atoms with Gasteiger partial charge in [-0.2, -0.15) is 0 Å². The Kier molecular flexibility index (Phi) is 14.4. The third-order valence-corrected chi connectivity index (χ3v) is 6.28. The molecular formula is C29H44F2N2O. The van der Waals surface area contributed by atoms with Crippen molar-refractivity contribution < 1.29 is 13.5 Å². The van der Waals surface area contributed by atoms with Crippen LogP contribution in [0.2, 0.25) is 0 Å². The van der Waals surface area contributed by atoms with Gasteiger partial charge in [-0.05, 0) is 49.1 Å². The predicted octanol–water partition coefficient (Wildman–Crippen LogP) is 8.85.